The lowest BCUT2D eigenvalue weighted by Gasteiger charge is -2.52. The molecule has 1 heterocycles. The largest absolute Gasteiger partial charge is 0.481 e. The number of hydrogen-bond acceptors (Lipinski definition) is 4. The Labute approximate surface area is 234 Å². The van der Waals surface area contributed by atoms with Crippen LogP contribution in [0.25, 0.3) is 0 Å². The van der Waals surface area contributed by atoms with Crippen molar-refractivity contribution in [1.29, 1.82) is 0 Å². The van der Waals surface area contributed by atoms with Crippen molar-refractivity contribution in [3.63, 3.8) is 0 Å². The van der Waals surface area contributed by atoms with E-state index in [9.17, 15) is 23.1 Å². The highest BCUT2D eigenvalue weighted by Crippen LogP contribution is 2.52. The van der Waals surface area contributed by atoms with Crippen molar-refractivity contribution >= 4 is 45.1 Å². The van der Waals surface area contributed by atoms with E-state index in [1.54, 1.807) is 37.1 Å². The third-order valence-corrected chi connectivity index (χ3v) is 10.7. The van der Waals surface area contributed by atoms with E-state index in [1.807, 2.05) is 37.3 Å². The summed E-state index contributed by atoms with van der Waals surface area (Å²) >= 11 is 12.6. The third-order valence-electron chi connectivity index (χ3n) is 7.84. The Morgan fingerprint density at radius 1 is 1.13 bits per heavy atom. The minimum atomic E-state index is -3.47. The number of piperidine rings is 1. The summed E-state index contributed by atoms with van der Waals surface area (Å²) in [6, 6.07) is 13.8. The molecule has 206 valence electrons. The van der Waals surface area contributed by atoms with Gasteiger partial charge in [0.25, 0.3) is 0 Å². The van der Waals surface area contributed by atoms with Crippen LogP contribution in [0.3, 0.4) is 0 Å². The molecule has 1 unspecified atom stereocenters. The van der Waals surface area contributed by atoms with Gasteiger partial charge in [0.05, 0.1) is 23.1 Å². The van der Waals surface area contributed by atoms with Crippen LogP contribution in [0, 0.1) is 5.41 Å². The van der Waals surface area contributed by atoms with Crippen LogP contribution in [-0.4, -0.2) is 59.5 Å². The van der Waals surface area contributed by atoms with Crippen molar-refractivity contribution in [2.75, 3.05) is 13.6 Å². The number of carbonyl (C=O) groups is 2. The van der Waals surface area contributed by atoms with Crippen LogP contribution < -0.4 is 0 Å². The lowest BCUT2D eigenvalue weighted by Crippen LogP contribution is -2.58. The fourth-order valence-electron chi connectivity index (χ4n) is 5.72. The van der Waals surface area contributed by atoms with Gasteiger partial charge in [0.2, 0.25) is 15.9 Å². The van der Waals surface area contributed by atoms with E-state index in [0.29, 0.717) is 35.7 Å². The summed E-state index contributed by atoms with van der Waals surface area (Å²) in [6.45, 7) is 3.74. The van der Waals surface area contributed by atoms with Crippen molar-refractivity contribution in [1.82, 2.24) is 9.21 Å². The van der Waals surface area contributed by atoms with Crippen molar-refractivity contribution in [3.8, 4) is 0 Å². The van der Waals surface area contributed by atoms with Gasteiger partial charge in [-0.05, 0) is 61.1 Å². The van der Waals surface area contributed by atoms with Gasteiger partial charge in [0.1, 0.15) is 0 Å². The SMILES string of the molecule is CC[C@@H](CN(C)S(=O)(=O)C1CC1)N1C(=O)[C@@](C)(CC(=O)O)CC(c2cccc(Cl)c2)[C@H]1c1ccc(Cl)cc1. The van der Waals surface area contributed by atoms with Crippen LogP contribution in [-0.2, 0) is 19.6 Å². The van der Waals surface area contributed by atoms with Gasteiger partial charge in [-0.1, -0.05) is 61.3 Å². The van der Waals surface area contributed by atoms with E-state index < -0.39 is 33.5 Å². The molecule has 4 atom stereocenters. The number of sulfonamides is 1. The number of carbonyl (C=O) groups excluding carboxylic acids is 1. The maximum atomic E-state index is 14.3. The first-order valence-electron chi connectivity index (χ1n) is 12.9. The number of carboxylic acid groups (broad SMARTS) is 1. The molecule has 1 aliphatic carbocycles. The Balaban J connectivity index is 1.86. The molecule has 2 aromatic rings. The minimum absolute atomic E-state index is 0.122. The predicted octanol–water partition coefficient (Wildman–Crippen LogP) is 5.73. The van der Waals surface area contributed by atoms with E-state index in [0.717, 1.165) is 11.1 Å². The molecule has 0 radical (unpaired) electrons. The number of nitrogens with zero attached hydrogens (tertiary/aromatic N) is 2. The minimum Gasteiger partial charge on any atom is -0.481 e. The summed E-state index contributed by atoms with van der Waals surface area (Å²) in [6.07, 6.45) is 1.75. The zero-order valence-corrected chi connectivity index (χ0v) is 24.1. The molecule has 1 amide bonds. The van der Waals surface area contributed by atoms with Crippen LogP contribution in [0.15, 0.2) is 48.5 Å². The van der Waals surface area contributed by atoms with Crippen molar-refractivity contribution in [2.45, 2.75) is 69.2 Å². The molecule has 1 saturated carbocycles. The molecule has 0 spiro atoms. The molecule has 2 aromatic carbocycles. The molecular weight excluding hydrogens is 547 g/mol. The summed E-state index contributed by atoms with van der Waals surface area (Å²) in [5.74, 6) is -1.63. The summed E-state index contributed by atoms with van der Waals surface area (Å²) in [4.78, 5) is 28.0. The predicted molar refractivity (Wildman–Crippen MR) is 149 cm³/mol. The van der Waals surface area contributed by atoms with Crippen molar-refractivity contribution in [2.24, 2.45) is 5.41 Å². The molecule has 0 bridgehead atoms. The molecule has 1 aliphatic heterocycles. The number of likely N-dealkylation sites (N-methyl/N-ethyl adjacent to an activating group) is 1. The van der Waals surface area contributed by atoms with E-state index in [-0.39, 0.29) is 30.0 Å². The first kappa shape index (κ1) is 28.9. The maximum Gasteiger partial charge on any atom is 0.304 e. The summed E-state index contributed by atoms with van der Waals surface area (Å²) in [5.41, 5.74) is 0.542. The Morgan fingerprint density at radius 3 is 2.34 bits per heavy atom. The molecule has 10 heteroatoms. The van der Waals surface area contributed by atoms with Gasteiger partial charge in [-0.3, -0.25) is 9.59 Å². The second kappa shape index (κ2) is 11.2. The molecule has 1 N–H and O–H groups in total. The second-order valence-electron chi connectivity index (χ2n) is 10.8. The first-order chi connectivity index (χ1) is 17.9. The van der Waals surface area contributed by atoms with Crippen LogP contribution in [0.5, 0.6) is 0 Å². The molecule has 4 rings (SSSR count). The van der Waals surface area contributed by atoms with Gasteiger partial charge in [-0.2, -0.15) is 0 Å². The van der Waals surface area contributed by atoms with E-state index in [4.69, 9.17) is 23.2 Å². The van der Waals surface area contributed by atoms with Gasteiger partial charge in [-0.15, -0.1) is 0 Å². The summed E-state index contributed by atoms with van der Waals surface area (Å²) < 4.78 is 27.4. The van der Waals surface area contributed by atoms with Crippen LogP contribution in [0.2, 0.25) is 10.0 Å². The molecule has 38 heavy (non-hydrogen) atoms. The van der Waals surface area contributed by atoms with Crippen molar-refractivity contribution in [3.05, 3.63) is 69.7 Å². The molecule has 2 aliphatic rings. The Morgan fingerprint density at radius 2 is 1.79 bits per heavy atom. The molecule has 2 fully saturated rings. The fraction of sp³-hybridized carbons (Fsp3) is 0.500. The Bertz CT molecular complexity index is 1300. The van der Waals surface area contributed by atoms with Gasteiger partial charge in [0, 0.05) is 35.6 Å². The molecule has 0 aromatic heterocycles. The number of halogens is 2. The van der Waals surface area contributed by atoms with E-state index in [1.165, 1.54) is 4.31 Å². The number of likely N-dealkylation sites (tertiary alicyclic amines) is 1. The Hall–Kier alpha value is -2.13. The standard InChI is InChI=1S/C28H34Cl2N2O5S/c1-4-22(17-31(3)38(36,37)23-12-13-23)32-26(18-8-10-20(29)11-9-18)24(19-6-5-7-21(30)14-19)15-28(2,27(32)35)16-25(33)34/h5-11,14,22-24,26H,4,12-13,15-17H2,1-3H3,(H,33,34)/t22-,24?,26+,28+/m0/s1. The highest BCUT2D eigenvalue weighted by molar-refractivity contribution is 7.90. The average Bonchev–Trinajstić information content (AvgIpc) is 3.70. The monoisotopic (exact) mass is 580 g/mol. The quantitative estimate of drug-likeness (QED) is 0.387. The summed E-state index contributed by atoms with van der Waals surface area (Å²) in [5, 5.41) is 10.5. The molecular formula is C28H34Cl2N2O5S. The number of benzene rings is 2. The first-order valence-corrected chi connectivity index (χ1v) is 15.1. The lowest BCUT2D eigenvalue weighted by molar-refractivity contribution is -0.160. The third kappa shape index (κ3) is 5.88. The maximum absolute atomic E-state index is 14.3. The number of rotatable bonds is 10. The van der Waals surface area contributed by atoms with Gasteiger partial charge < -0.3 is 10.0 Å². The van der Waals surface area contributed by atoms with Crippen LogP contribution >= 0.6 is 23.2 Å². The summed E-state index contributed by atoms with van der Waals surface area (Å²) in [7, 11) is -1.91. The van der Waals surface area contributed by atoms with Gasteiger partial charge >= 0.3 is 5.97 Å². The Kier molecular flexibility index (Phi) is 8.48. The topological polar surface area (TPSA) is 95.0 Å². The highest BCUT2D eigenvalue weighted by Gasteiger charge is 2.52. The lowest BCUT2D eigenvalue weighted by atomic mass is 9.67. The van der Waals surface area contributed by atoms with E-state index in [2.05, 4.69) is 0 Å². The van der Waals surface area contributed by atoms with E-state index >= 15 is 0 Å². The molecule has 1 saturated heterocycles. The number of aliphatic carboxylic acids is 1. The van der Waals surface area contributed by atoms with Gasteiger partial charge in [-0.25, -0.2) is 12.7 Å². The zero-order chi connectivity index (χ0) is 27.8. The average molecular weight is 582 g/mol. The van der Waals surface area contributed by atoms with Crippen LogP contribution in [0.1, 0.15) is 69.0 Å². The number of carboxylic acids is 1. The number of hydrogen-bond donors (Lipinski definition) is 1. The second-order valence-corrected chi connectivity index (χ2v) is 14.0. The number of amides is 1. The zero-order valence-electron chi connectivity index (χ0n) is 21.8. The molecule has 7 nitrogen and oxygen atoms in total. The van der Waals surface area contributed by atoms with Crippen molar-refractivity contribution < 1.29 is 23.1 Å². The van der Waals surface area contributed by atoms with Crippen LogP contribution in [0.4, 0.5) is 0 Å². The highest BCUT2D eigenvalue weighted by atomic mass is 35.5. The van der Waals surface area contributed by atoms with Gasteiger partial charge in [0.15, 0.2) is 0 Å². The normalized spacial score (nSPS) is 25.0. The smallest absolute Gasteiger partial charge is 0.304 e. The fourth-order valence-corrected chi connectivity index (χ4v) is 7.66.